The lowest BCUT2D eigenvalue weighted by Crippen LogP contribution is -2.30. The molecule has 2 N–H and O–H groups in total. The number of carbonyl (C=O) groups is 1. The predicted octanol–water partition coefficient (Wildman–Crippen LogP) is 2.76. The lowest BCUT2D eigenvalue weighted by atomic mass is 10.2. The van der Waals surface area contributed by atoms with E-state index in [1.54, 1.807) is 0 Å². The zero-order valence-corrected chi connectivity index (χ0v) is 13.5. The van der Waals surface area contributed by atoms with E-state index in [1.807, 2.05) is 13.8 Å². The Labute approximate surface area is 134 Å². The Kier molecular flexibility index (Phi) is 5.00. The van der Waals surface area contributed by atoms with Gasteiger partial charge in [0.2, 0.25) is 0 Å². The monoisotopic (exact) mass is 336 g/mol. The summed E-state index contributed by atoms with van der Waals surface area (Å²) in [5.41, 5.74) is 0.220. The largest absolute Gasteiger partial charge is 0.350 e. The molecule has 0 saturated carbocycles. The van der Waals surface area contributed by atoms with Gasteiger partial charge in [-0.1, -0.05) is 12.1 Å². The van der Waals surface area contributed by atoms with Gasteiger partial charge in [0.25, 0.3) is 15.9 Å². The van der Waals surface area contributed by atoms with Gasteiger partial charge in [-0.3, -0.25) is 9.52 Å². The van der Waals surface area contributed by atoms with Crippen molar-refractivity contribution in [3.63, 3.8) is 0 Å². The summed E-state index contributed by atoms with van der Waals surface area (Å²) in [6.45, 7) is 3.66. The molecule has 0 spiro atoms. The highest BCUT2D eigenvalue weighted by Crippen LogP contribution is 2.19. The average molecular weight is 336 g/mol. The SMILES string of the molecule is CC(C)NC(=O)c1ccc(S(=O)(=O)Nc2ccccc2F)cc1. The van der Waals surface area contributed by atoms with Crippen molar-refractivity contribution >= 4 is 21.6 Å². The molecule has 0 fully saturated rings. The molecule has 0 saturated heterocycles. The summed E-state index contributed by atoms with van der Waals surface area (Å²) in [5.74, 6) is -0.949. The van der Waals surface area contributed by atoms with E-state index in [9.17, 15) is 17.6 Å². The summed E-state index contributed by atoms with van der Waals surface area (Å²) in [4.78, 5) is 11.8. The number of sulfonamides is 1. The molecule has 2 rings (SSSR count). The number of rotatable bonds is 5. The first-order chi connectivity index (χ1) is 10.8. The first-order valence-corrected chi connectivity index (χ1v) is 8.46. The second-order valence-electron chi connectivity index (χ2n) is 5.24. The Balaban J connectivity index is 2.21. The van der Waals surface area contributed by atoms with Crippen molar-refractivity contribution in [2.75, 3.05) is 4.72 Å². The van der Waals surface area contributed by atoms with Crippen molar-refractivity contribution < 1.29 is 17.6 Å². The maximum atomic E-state index is 13.5. The zero-order chi connectivity index (χ0) is 17.0. The molecule has 5 nitrogen and oxygen atoms in total. The Morgan fingerprint density at radius 2 is 1.65 bits per heavy atom. The smallest absolute Gasteiger partial charge is 0.261 e. The molecule has 122 valence electrons. The highest BCUT2D eigenvalue weighted by Gasteiger charge is 2.17. The van der Waals surface area contributed by atoms with E-state index in [-0.39, 0.29) is 22.5 Å². The molecule has 23 heavy (non-hydrogen) atoms. The molecule has 0 aliphatic heterocycles. The van der Waals surface area contributed by atoms with Crippen molar-refractivity contribution in [3.8, 4) is 0 Å². The van der Waals surface area contributed by atoms with Crippen molar-refractivity contribution in [1.29, 1.82) is 0 Å². The van der Waals surface area contributed by atoms with E-state index in [4.69, 9.17) is 0 Å². The summed E-state index contributed by atoms with van der Waals surface area (Å²) >= 11 is 0. The van der Waals surface area contributed by atoms with Crippen LogP contribution in [-0.2, 0) is 10.0 Å². The van der Waals surface area contributed by atoms with Crippen LogP contribution in [0.4, 0.5) is 10.1 Å². The average Bonchev–Trinajstić information content (AvgIpc) is 2.49. The molecule has 2 aromatic rings. The van der Waals surface area contributed by atoms with E-state index in [0.29, 0.717) is 5.56 Å². The van der Waals surface area contributed by atoms with Crippen LogP contribution in [0.2, 0.25) is 0 Å². The number of halogens is 1. The second-order valence-corrected chi connectivity index (χ2v) is 6.92. The van der Waals surface area contributed by atoms with Gasteiger partial charge in [0, 0.05) is 11.6 Å². The molecule has 0 radical (unpaired) electrons. The fraction of sp³-hybridized carbons (Fsp3) is 0.188. The Morgan fingerprint density at radius 3 is 2.22 bits per heavy atom. The predicted molar refractivity (Wildman–Crippen MR) is 86.3 cm³/mol. The number of carbonyl (C=O) groups excluding carboxylic acids is 1. The summed E-state index contributed by atoms with van der Waals surface area (Å²) in [6.07, 6.45) is 0. The van der Waals surface area contributed by atoms with Crippen LogP contribution in [-0.4, -0.2) is 20.4 Å². The molecule has 0 aliphatic carbocycles. The van der Waals surface area contributed by atoms with Crippen molar-refractivity contribution in [1.82, 2.24) is 5.32 Å². The number of hydrogen-bond donors (Lipinski definition) is 2. The van der Waals surface area contributed by atoms with Gasteiger partial charge < -0.3 is 5.32 Å². The van der Waals surface area contributed by atoms with Crippen LogP contribution < -0.4 is 10.0 Å². The Morgan fingerprint density at radius 1 is 1.04 bits per heavy atom. The standard InChI is InChI=1S/C16H17FN2O3S/c1-11(2)18-16(20)12-7-9-13(10-8-12)23(21,22)19-15-6-4-3-5-14(15)17/h3-11,19H,1-2H3,(H,18,20). The van der Waals surface area contributed by atoms with Crippen LogP contribution >= 0.6 is 0 Å². The fourth-order valence-electron chi connectivity index (χ4n) is 1.88. The number of para-hydroxylation sites is 1. The van der Waals surface area contributed by atoms with Crippen molar-refractivity contribution in [2.45, 2.75) is 24.8 Å². The Hall–Kier alpha value is -2.41. The van der Waals surface area contributed by atoms with Crippen molar-refractivity contribution in [3.05, 3.63) is 59.9 Å². The molecule has 0 aliphatic rings. The molecule has 2 aromatic carbocycles. The molecule has 0 aromatic heterocycles. The van der Waals surface area contributed by atoms with Gasteiger partial charge in [0.1, 0.15) is 5.82 Å². The minimum atomic E-state index is -3.92. The van der Waals surface area contributed by atoms with E-state index in [1.165, 1.54) is 42.5 Å². The molecule has 0 unspecified atom stereocenters. The highest BCUT2D eigenvalue weighted by atomic mass is 32.2. The van der Waals surface area contributed by atoms with Gasteiger partial charge in [-0.15, -0.1) is 0 Å². The third kappa shape index (κ3) is 4.29. The fourth-order valence-corrected chi connectivity index (χ4v) is 2.95. The van der Waals surface area contributed by atoms with E-state index >= 15 is 0 Å². The normalized spacial score (nSPS) is 11.3. The van der Waals surface area contributed by atoms with Crippen LogP contribution in [0.3, 0.4) is 0 Å². The first-order valence-electron chi connectivity index (χ1n) is 6.98. The zero-order valence-electron chi connectivity index (χ0n) is 12.7. The molecule has 0 bridgehead atoms. The van der Waals surface area contributed by atoms with Gasteiger partial charge in [-0.2, -0.15) is 0 Å². The number of benzene rings is 2. The quantitative estimate of drug-likeness (QED) is 0.881. The van der Waals surface area contributed by atoms with Crippen LogP contribution in [0.15, 0.2) is 53.4 Å². The van der Waals surface area contributed by atoms with E-state index < -0.39 is 15.8 Å². The highest BCUT2D eigenvalue weighted by molar-refractivity contribution is 7.92. The molecule has 1 amide bonds. The van der Waals surface area contributed by atoms with Gasteiger partial charge in [-0.25, -0.2) is 12.8 Å². The molecule has 0 heterocycles. The van der Waals surface area contributed by atoms with Gasteiger partial charge in [-0.05, 0) is 50.2 Å². The minimum Gasteiger partial charge on any atom is -0.350 e. The van der Waals surface area contributed by atoms with Crippen molar-refractivity contribution in [2.24, 2.45) is 0 Å². The summed E-state index contributed by atoms with van der Waals surface area (Å²) < 4.78 is 40.2. The molecule has 0 atom stereocenters. The summed E-state index contributed by atoms with van der Waals surface area (Å²) in [7, 11) is -3.92. The number of hydrogen-bond acceptors (Lipinski definition) is 3. The third-order valence-electron chi connectivity index (χ3n) is 2.96. The number of nitrogens with one attached hydrogen (secondary N) is 2. The summed E-state index contributed by atoms with van der Waals surface area (Å²) in [6, 6.07) is 10.9. The molecular formula is C16H17FN2O3S. The van der Waals surface area contributed by atoms with E-state index in [0.717, 1.165) is 6.07 Å². The van der Waals surface area contributed by atoms with Gasteiger partial charge in [0.05, 0.1) is 10.6 Å². The maximum absolute atomic E-state index is 13.5. The van der Waals surface area contributed by atoms with Crippen LogP contribution in [0.1, 0.15) is 24.2 Å². The van der Waals surface area contributed by atoms with Crippen LogP contribution in [0.25, 0.3) is 0 Å². The number of anilines is 1. The Bertz CT molecular complexity index is 802. The van der Waals surface area contributed by atoms with Gasteiger partial charge in [0.15, 0.2) is 0 Å². The topological polar surface area (TPSA) is 75.3 Å². The first kappa shape index (κ1) is 17.0. The lowest BCUT2D eigenvalue weighted by Gasteiger charge is -2.10. The maximum Gasteiger partial charge on any atom is 0.261 e. The second kappa shape index (κ2) is 6.78. The van der Waals surface area contributed by atoms with Gasteiger partial charge >= 0.3 is 0 Å². The molecular weight excluding hydrogens is 319 g/mol. The van der Waals surface area contributed by atoms with E-state index in [2.05, 4.69) is 10.0 Å². The lowest BCUT2D eigenvalue weighted by molar-refractivity contribution is 0.0943. The third-order valence-corrected chi connectivity index (χ3v) is 4.35. The van der Waals surface area contributed by atoms with Crippen LogP contribution in [0, 0.1) is 5.82 Å². The van der Waals surface area contributed by atoms with Crippen LogP contribution in [0.5, 0.6) is 0 Å². The molecule has 7 heteroatoms. The summed E-state index contributed by atoms with van der Waals surface area (Å²) in [5, 5.41) is 2.71. The number of amides is 1. The minimum absolute atomic E-state index is 0.0198.